The number of fused-ring (bicyclic) bond motifs is 1. The maximum Gasteiger partial charge on any atom is 0.308 e. The Kier molecular flexibility index (Phi) is 4.59. The zero-order chi connectivity index (χ0) is 15.6. The van der Waals surface area contributed by atoms with E-state index in [1.165, 1.54) is 13.2 Å². The number of aliphatic hydroxyl groups is 2. The molecule has 114 valence electrons. The van der Waals surface area contributed by atoms with Crippen molar-refractivity contribution in [3.63, 3.8) is 0 Å². The Balaban J connectivity index is 2.14. The number of phenols is 1. The van der Waals surface area contributed by atoms with Gasteiger partial charge in [-0.25, -0.2) is 0 Å². The summed E-state index contributed by atoms with van der Waals surface area (Å²) in [6, 6.07) is 4.53. The second kappa shape index (κ2) is 6.24. The number of rotatable bonds is 4. The van der Waals surface area contributed by atoms with Crippen LogP contribution in [0.3, 0.4) is 0 Å². The van der Waals surface area contributed by atoms with Crippen molar-refractivity contribution in [3.8, 4) is 5.75 Å². The lowest BCUT2D eigenvalue weighted by molar-refractivity contribution is -0.143. The lowest BCUT2D eigenvalue weighted by atomic mass is 9.77. The minimum absolute atomic E-state index is 0.0178. The number of ether oxygens (including phenoxy) is 1. The van der Waals surface area contributed by atoms with Crippen LogP contribution in [0.5, 0.6) is 5.75 Å². The molecule has 0 saturated heterocycles. The fourth-order valence-corrected chi connectivity index (χ4v) is 2.73. The molecule has 21 heavy (non-hydrogen) atoms. The zero-order valence-corrected chi connectivity index (χ0v) is 11.7. The first-order chi connectivity index (χ1) is 9.93. The van der Waals surface area contributed by atoms with Crippen molar-refractivity contribution < 1.29 is 29.6 Å². The second-order valence-electron chi connectivity index (χ2n) is 5.24. The predicted molar refractivity (Wildman–Crippen MR) is 72.8 cm³/mol. The van der Waals surface area contributed by atoms with Gasteiger partial charge in [0.1, 0.15) is 5.75 Å². The number of hydrogen-bond acceptors (Lipinski definition) is 6. The van der Waals surface area contributed by atoms with Gasteiger partial charge in [0.05, 0.1) is 31.3 Å². The highest BCUT2D eigenvalue weighted by molar-refractivity contribution is 6.01. The number of Topliss-reactive ketones (excluding diaryl/α,β-unsaturated/α-hetero) is 1. The summed E-state index contributed by atoms with van der Waals surface area (Å²) < 4.78 is 4.47. The van der Waals surface area contributed by atoms with Gasteiger partial charge >= 0.3 is 5.97 Å². The summed E-state index contributed by atoms with van der Waals surface area (Å²) in [6.07, 6.45) is -2.00. The van der Waals surface area contributed by atoms with Crippen molar-refractivity contribution in [2.45, 2.75) is 31.5 Å². The molecule has 0 radical (unpaired) electrons. The number of benzene rings is 1. The Hall–Kier alpha value is -1.92. The molecule has 1 aliphatic carbocycles. The van der Waals surface area contributed by atoms with E-state index in [9.17, 15) is 24.9 Å². The predicted octanol–water partition coefficient (Wildman–Crippen LogP) is 0.942. The van der Waals surface area contributed by atoms with Gasteiger partial charge in [0.15, 0.2) is 5.78 Å². The molecule has 0 fully saturated rings. The van der Waals surface area contributed by atoms with E-state index in [2.05, 4.69) is 4.74 Å². The number of aliphatic hydroxyl groups excluding tert-OH is 2. The van der Waals surface area contributed by atoms with Crippen LogP contribution in [0, 0.1) is 5.92 Å². The summed E-state index contributed by atoms with van der Waals surface area (Å²) in [5.74, 6) is -1.46. The largest absolute Gasteiger partial charge is 0.507 e. The molecule has 0 amide bonds. The van der Waals surface area contributed by atoms with Gasteiger partial charge in [-0.1, -0.05) is 12.1 Å². The van der Waals surface area contributed by atoms with Gasteiger partial charge in [0.2, 0.25) is 0 Å². The number of aromatic hydroxyl groups is 1. The summed E-state index contributed by atoms with van der Waals surface area (Å²) in [5.41, 5.74) is 0.505. The Morgan fingerprint density at radius 2 is 2.19 bits per heavy atom. The van der Waals surface area contributed by atoms with E-state index in [0.717, 1.165) is 0 Å². The number of methoxy groups -OCH3 is 1. The van der Waals surface area contributed by atoms with Gasteiger partial charge in [-0.15, -0.1) is 0 Å². The molecule has 3 atom stereocenters. The van der Waals surface area contributed by atoms with Crippen molar-refractivity contribution in [3.05, 3.63) is 29.3 Å². The standard InChI is InChI=1S/C15H18O6/c1-21-13(19)7-9(16)5-8-6-12(18)14-10(15(8)20)3-2-4-11(14)17/h2-4,8-9,15-17,20H,5-7H2,1H3/t8-,9-,15+/m0/s1. The maximum atomic E-state index is 12.1. The molecule has 1 aliphatic rings. The Morgan fingerprint density at radius 1 is 1.48 bits per heavy atom. The van der Waals surface area contributed by atoms with Crippen molar-refractivity contribution in [2.75, 3.05) is 7.11 Å². The zero-order valence-electron chi connectivity index (χ0n) is 11.7. The second-order valence-corrected chi connectivity index (χ2v) is 5.24. The molecule has 2 rings (SSSR count). The number of esters is 1. The first-order valence-electron chi connectivity index (χ1n) is 6.72. The molecule has 1 aromatic rings. The lowest BCUT2D eigenvalue weighted by Crippen LogP contribution is -2.29. The van der Waals surface area contributed by atoms with Crippen molar-refractivity contribution >= 4 is 11.8 Å². The Morgan fingerprint density at radius 3 is 2.86 bits per heavy atom. The topological polar surface area (TPSA) is 104 Å². The van der Waals surface area contributed by atoms with Gasteiger partial charge in [0, 0.05) is 6.42 Å². The Bertz CT molecular complexity index is 553. The third kappa shape index (κ3) is 3.22. The van der Waals surface area contributed by atoms with E-state index in [1.807, 2.05) is 0 Å². The molecule has 6 nitrogen and oxygen atoms in total. The first kappa shape index (κ1) is 15.5. The fraction of sp³-hybridized carbons (Fsp3) is 0.467. The highest BCUT2D eigenvalue weighted by Gasteiger charge is 2.35. The third-order valence-corrected chi connectivity index (χ3v) is 3.77. The van der Waals surface area contributed by atoms with Crippen molar-refractivity contribution in [1.82, 2.24) is 0 Å². The molecule has 0 aliphatic heterocycles. The van der Waals surface area contributed by atoms with Crippen LogP contribution in [0.25, 0.3) is 0 Å². The fourth-order valence-electron chi connectivity index (χ4n) is 2.73. The van der Waals surface area contributed by atoms with E-state index < -0.39 is 24.1 Å². The normalized spacial score (nSPS) is 22.5. The van der Waals surface area contributed by atoms with Crippen molar-refractivity contribution in [2.24, 2.45) is 5.92 Å². The van der Waals surface area contributed by atoms with Gasteiger partial charge in [-0.05, 0) is 24.0 Å². The molecule has 3 N–H and O–H groups in total. The van der Waals surface area contributed by atoms with Crippen LogP contribution < -0.4 is 0 Å². The monoisotopic (exact) mass is 294 g/mol. The van der Waals surface area contributed by atoms with E-state index in [1.54, 1.807) is 12.1 Å². The number of carbonyl (C=O) groups excluding carboxylic acids is 2. The van der Waals surface area contributed by atoms with Gasteiger partial charge < -0.3 is 20.1 Å². The highest BCUT2D eigenvalue weighted by atomic mass is 16.5. The summed E-state index contributed by atoms with van der Waals surface area (Å²) in [5, 5.41) is 29.9. The highest BCUT2D eigenvalue weighted by Crippen LogP contribution is 2.40. The third-order valence-electron chi connectivity index (χ3n) is 3.77. The van der Waals surface area contributed by atoms with E-state index >= 15 is 0 Å². The maximum absolute atomic E-state index is 12.1. The average molecular weight is 294 g/mol. The van der Waals surface area contributed by atoms with Gasteiger partial charge in [-0.2, -0.15) is 0 Å². The Labute approximate surface area is 122 Å². The molecule has 0 heterocycles. The summed E-state index contributed by atoms with van der Waals surface area (Å²) in [4.78, 5) is 23.2. The van der Waals surface area contributed by atoms with E-state index in [0.29, 0.717) is 5.56 Å². The minimum atomic E-state index is -0.983. The molecule has 6 heteroatoms. The van der Waals surface area contributed by atoms with Crippen molar-refractivity contribution in [1.29, 1.82) is 0 Å². The molecule has 0 saturated carbocycles. The van der Waals surface area contributed by atoms with Crippen LogP contribution >= 0.6 is 0 Å². The number of ketones is 1. The lowest BCUT2D eigenvalue weighted by Gasteiger charge is -2.30. The molecular weight excluding hydrogens is 276 g/mol. The quantitative estimate of drug-likeness (QED) is 0.714. The minimum Gasteiger partial charge on any atom is -0.507 e. The summed E-state index contributed by atoms with van der Waals surface area (Å²) >= 11 is 0. The van der Waals surface area contributed by atoms with Crippen LogP contribution in [0.4, 0.5) is 0 Å². The number of phenolic OH excluding ortho intramolecular Hbond substituents is 1. The van der Waals surface area contributed by atoms with Gasteiger partial charge in [-0.3, -0.25) is 9.59 Å². The first-order valence-corrected chi connectivity index (χ1v) is 6.72. The SMILES string of the molecule is COC(=O)C[C@@H](O)C[C@H]1CC(=O)c2c(O)cccc2[C@@H]1O. The van der Waals surface area contributed by atoms with Crippen LogP contribution in [-0.4, -0.2) is 40.3 Å². The summed E-state index contributed by atoms with van der Waals surface area (Å²) in [6.45, 7) is 0. The smallest absolute Gasteiger partial charge is 0.308 e. The van der Waals surface area contributed by atoms with Crippen LogP contribution in [0.15, 0.2) is 18.2 Å². The number of carbonyl (C=O) groups is 2. The van der Waals surface area contributed by atoms with E-state index in [4.69, 9.17) is 0 Å². The van der Waals surface area contributed by atoms with Crippen LogP contribution in [0.1, 0.15) is 41.3 Å². The molecule has 1 aromatic carbocycles. The van der Waals surface area contributed by atoms with Gasteiger partial charge in [0.25, 0.3) is 0 Å². The molecular formula is C15H18O6. The average Bonchev–Trinajstić information content (AvgIpc) is 2.43. The molecule has 0 bridgehead atoms. The number of hydrogen-bond donors (Lipinski definition) is 3. The van der Waals surface area contributed by atoms with Crippen LogP contribution in [-0.2, 0) is 9.53 Å². The van der Waals surface area contributed by atoms with E-state index in [-0.39, 0.29) is 36.4 Å². The molecule has 0 aromatic heterocycles. The molecule has 0 spiro atoms. The van der Waals surface area contributed by atoms with Crippen LogP contribution in [0.2, 0.25) is 0 Å². The molecule has 0 unspecified atom stereocenters. The summed E-state index contributed by atoms with van der Waals surface area (Å²) in [7, 11) is 1.23.